The van der Waals surface area contributed by atoms with Gasteiger partial charge in [-0.1, -0.05) is 5.16 Å². The van der Waals surface area contributed by atoms with Gasteiger partial charge in [0.25, 0.3) is 0 Å². The predicted molar refractivity (Wildman–Crippen MR) is 90.1 cm³/mol. The number of aliphatic hydroxyl groups is 1. The molecule has 2 aromatic rings. The highest BCUT2D eigenvalue weighted by atomic mass is 16.5. The normalized spacial score (nSPS) is 19.3. The van der Waals surface area contributed by atoms with Crippen molar-refractivity contribution in [1.82, 2.24) is 15.0 Å². The quantitative estimate of drug-likeness (QED) is 0.856. The van der Waals surface area contributed by atoms with E-state index in [1.807, 2.05) is 6.92 Å². The molecule has 1 aliphatic heterocycles. The number of rotatable bonds is 6. The summed E-state index contributed by atoms with van der Waals surface area (Å²) in [7, 11) is 0. The minimum atomic E-state index is -0.584. The number of nitrogens with zero attached hydrogens (tertiary/aromatic N) is 4. The summed E-state index contributed by atoms with van der Waals surface area (Å²) >= 11 is 0. The SMILES string of the molecule is Cc1noc(C2CCCN(CC(O)COc3ccc(C#N)cc3)C2)n1. The first-order valence-electron chi connectivity index (χ1n) is 8.47. The molecule has 1 aliphatic rings. The Morgan fingerprint density at radius 3 is 2.92 bits per heavy atom. The first-order valence-corrected chi connectivity index (χ1v) is 8.47. The van der Waals surface area contributed by atoms with Crippen LogP contribution in [0, 0.1) is 18.3 Å². The second-order valence-electron chi connectivity index (χ2n) is 6.38. The summed E-state index contributed by atoms with van der Waals surface area (Å²) < 4.78 is 10.9. The third kappa shape index (κ3) is 4.78. The Bertz CT molecular complexity index is 723. The van der Waals surface area contributed by atoms with Crippen LogP contribution in [0.3, 0.4) is 0 Å². The Kier molecular flexibility index (Phi) is 5.64. The van der Waals surface area contributed by atoms with Crippen LogP contribution >= 0.6 is 0 Å². The lowest BCUT2D eigenvalue weighted by atomic mass is 9.98. The van der Waals surface area contributed by atoms with E-state index < -0.39 is 6.10 Å². The number of β-amino-alcohol motifs (C(OH)–C–C–N with tert-alkyl or cyclic N) is 1. The van der Waals surface area contributed by atoms with Crippen LogP contribution in [0.4, 0.5) is 0 Å². The van der Waals surface area contributed by atoms with Crippen LogP contribution in [0.2, 0.25) is 0 Å². The molecule has 25 heavy (non-hydrogen) atoms. The second kappa shape index (κ2) is 8.10. The molecule has 132 valence electrons. The fourth-order valence-corrected chi connectivity index (χ4v) is 3.07. The largest absolute Gasteiger partial charge is 0.491 e. The van der Waals surface area contributed by atoms with Gasteiger partial charge in [-0.05, 0) is 50.6 Å². The van der Waals surface area contributed by atoms with Gasteiger partial charge in [0, 0.05) is 13.1 Å². The number of ether oxygens (including phenoxy) is 1. The van der Waals surface area contributed by atoms with Crippen LogP contribution in [-0.2, 0) is 0 Å². The van der Waals surface area contributed by atoms with E-state index in [4.69, 9.17) is 14.5 Å². The zero-order valence-corrected chi connectivity index (χ0v) is 14.3. The minimum absolute atomic E-state index is 0.215. The first-order chi connectivity index (χ1) is 12.1. The summed E-state index contributed by atoms with van der Waals surface area (Å²) in [5, 5.41) is 22.9. The molecular weight excluding hydrogens is 320 g/mol. The van der Waals surface area contributed by atoms with Gasteiger partial charge in [0.2, 0.25) is 5.89 Å². The van der Waals surface area contributed by atoms with E-state index >= 15 is 0 Å². The fraction of sp³-hybridized carbons (Fsp3) is 0.500. The van der Waals surface area contributed by atoms with Gasteiger partial charge in [-0.25, -0.2) is 0 Å². The molecule has 0 spiro atoms. The number of aliphatic hydroxyl groups excluding tert-OH is 1. The van der Waals surface area contributed by atoms with E-state index in [-0.39, 0.29) is 12.5 Å². The maximum Gasteiger partial charge on any atom is 0.231 e. The molecule has 1 fully saturated rings. The van der Waals surface area contributed by atoms with E-state index in [2.05, 4.69) is 21.1 Å². The molecule has 0 saturated carbocycles. The van der Waals surface area contributed by atoms with E-state index in [1.165, 1.54) is 0 Å². The van der Waals surface area contributed by atoms with Gasteiger partial charge in [0.15, 0.2) is 5.82 Å². The summed E-state index contributed by atoms with van der Waals surface area (Å²) in [6, 6.07) is 8.93. The Labute approximate surface area is 146 Å². The van der Waals surface area contributed by atoms with Crippen molar-refractivity contribution in [2.75, 3.05) is 26.2 Å². The Hall–Kier alpha value is -2.43. The fourth-order valence-electron chi connectivity index (χ4n) is 3.07. The molecule has 0 aliphatic carbocycles. The van der Waals surface area contributed by atoms with Gasteiger partial charge < -0.3 is 14.4 Å². The summed E-state index contributed by atoms with van der Waals surface area (Å²) in [4.78, 5) is 6.53. The van der Waals surface area contributed by atoms with Crippen LogP contribution < -0.4 is 4.74 Å². The average Bonchev–Trinajstić information content (AvgIpc) is 3.07. The van der Waals surface area contributed by atoms with Crippen molar-refractivity contribution >= 4 is 0 Å². The molecule has 7 heteroatoms. The van der Waals surface area contributed by atoms with Crippen LogP contribution in [0.25, 0.3) is 0 Å². The number of nitriles is 1. The number of hydrogen-bond donors (Lipinski definition) is 1. The molecule has 1 saturated heterocycles. The van der Waals surface area contributed by atoms with Crippen molar-refractivity contribution in [3.63, 3.8) is 0 Å². The molecule has 7 nitrogen and oxygen atoms in total. The number of aromatic nitrogens is 2. The molecule has 1 N–H and O–H groups in total. The van der Waals surface area contributed by atoms with Crippen molar-refractivity contribution in [3.8, 4) is 11.8 Å². The molecule has 2 unspecified atom stereocenters. The van der Waals surface area contributed by atoms with E-state index in [9.17, 15) is 5.11 Å². The van der Waals surface area contributed by atoms with E-state index in [1.54, 1.807) is 24.3 Å². The maximum atomic E-state index is 10.3. The van der Waals surface area contributed by atoms with Crippen molar-refractivity contribution in [2.24, 2.45) is 0 Å². The number of aryl methyl sites for hydroxylation is 1. The van der Waals surface area contributed by atoms with E-state index in [0.717, 1.165) is 25.9 Å². The van der Waals surface area contributed by atoms with Crippen molar-refractivity contribution in [3.05, 3.63) is 41.5 Å². The summed E-state index contributed by atoms with van der Waals surface area (Å²) in [6.45, 7) is 4.32. The standard InChI is InChI=1S/C18H22N4O3/c1-13-20-18(25-21-13)15-3-2-8-22(10-15)11-16(23)12-24-17-6-4-14(9-19)5-7-17/h4-7,15-16,23H,2-3,8,10-12H2,1H3. The van der Waals surface area contributed by atoms with Crippen molar-refractivity contribution in [2.45, 2.75) is 31.8 Å². The second-order valence-corrected chi connectivity index (χ2v) is 6.38. The molecule has 1 aromatic heterocycles. The molecule has 3 rings (SSSR count). The highest BCUT2D eigenvalue weighted by molar-refractivity contribution is 5.34. The zero-order chi connectivity index (χ0) is 17.6. The van der Waals surface area contributed by atoms with Gasteiger partial charge in [-0.2, -0.15) is 10.2 Å². The molecule has 2 atom stereocenters. The third-order valence-electron chi connectivity index (χ3n) is 4.29. The van der Waals surface area contributed by atoms with Crippen LogP contribution in [0.1, 0.15) is 36.0 Å². The summed E-state index contributed by atoms with van der Waals surface area (Å²) in [5.74, 6) is 2.21. The predicted octanol–water partition coefficient (Wildman–Crippen LogP) is 1.87. The highest BCUT2D eigenvalue weighted by Gasteiger charge is 2.26. The lowest BCUT2D eigenvalue weighted by Gasteiger charge is -2.32. The maximum absolute atomic E-state index is 10.3. The molecular formula is C18H22N4O3. The molecule has 0 amide bonds. The summed E-state index contributed by atoms with van der Waals surface area (Å²) in [6.07, 6.45) is 1.48. The third-order valence-corrected chi connectivity index (χ3v) is 4.29. The number of likely N-dealkylation sites (tertiary alicyclic amines) is 1. The number of hydrogen-bond acceptors (Lipinski definition) is 7. The van der Waals surface area contributed by atoms with Crippen LogP contribution in [0.5, 0.6) is 5.75 Å². The number of piperidine rings is 1. The van der Waals surface area contributed by atoms with Gasteiger partial charge in [-0.15, -0.1) is 0 Å². The van der Waals surface area contributed by atoms with Crippen molar-refractivity contribution < 1.29 is 14.4 Å². The lowest BCUT2D eigenvalue weighted by Crippen LogP contribution is -2.41. The Morgan fingerprint density at radius 1 is 1.44 bits per heavy atom. The smallest absolute Gasteiger partial charge is 0.231 e. The van der Waals surface area contributed by atoms with E-state index in [0.29, 0.717) is 29.6 Å². The lowest BCUT2D eigenvalue weighted by molar-refractivity contribution is 0.0561. The first kappa shape index (κ1) is 17.4. The average molecular weight is 342 g/mol. The Balaban J connectivity index is 1.47. The highest BCUT2D eigenvalue weighted by Crippen LogP contribution is 2.25. The molecule has 2 heterocycles. The monoisotopic (exact) mass is 342 g/mol. The molecule has 1 aromatic carbocycles. The van der Waals surface area contributed by atoms with Gasteiger partial charge in [-0.3, -0.25) is 4.90 Å². The Morgan fingerprint density at radius 2 is 2.24 bits per heavy atom. The van der Waals surface area contributed by atoms with Crippen molar-refractivity contribution in [1.29, 1.82) is 5.26 Å². The van der Waals surface area contributed by atoms with Gasteiger partial charge >= 0.3 is 0 Å². The molecule has 0 radical (unpaired) electrons. The number of benzene rings is 1. The van der Waals surface area contributed by atoms with Gasteiger partial charge in [0.1, 0.15) is 18.5 Å². The van der Waals surface area contributed by atoms with Gasteiger partial charge in [0.05, 0.1) is 17.6 Å². The summed E-state index contributed by atoms with van der Waals surface area (Å²) in [5.41, 5.74) is 0.587. The topological polar surface area (TPSA) is 95.4 Å². The molecule has 0 bridgehead atoms. The van der Waals surface area contributed by atoms with Crippen LogP contribution in [-0.4, -0.2) is 52.5 Å². The van der Waals surface area contributed by atoms with Crippen LogP contribution in [0.15, 0.2) is 28.8 Å². The zero-order valence-electron chi connectivity index (χ0n) is 14.3. The minimum Gasteiger partial charge on any atom is -0.491 e.